The highest BCUT2D eigenvalue weighted by Crippen LogP contribution is 2.31. The number of aromatic nitrogens is 2. The smallest absolute Gasteiger partial charge is 0.229 e. The van der Waals surface area contributed by atoms with Gasteiger partial charge in [-0.25, -0.2) is 4.98 Å². The number of aryl methyl sites for hydroxylation is 1. The monoisotopic (exact) mass is 392 g/mol. The average molecular weight is 393 g/mol. The van der Waals surface area contributed by atoms with E-state index in [0.29, 0.717) is 23.3 Å². The fourth-order valence-electron chi connectivity index (χ4n) is 2.93. The van der Waals surface area contributed by atoms with Gasteiger partial charge in [0.15, 0.2) is 11.5 Å². The maximum absolute atomic E-state index is 5.36. The maximum atomic E-state index is 5.36. The molecule has 0 saturated heterocycles. The van der Waals surface area contributed by atoms with Crippen molar-refractivity contribution in [3.8, 4) is 11.5 Å². The Balaban J connectivity index is 1.79. The van der Waals surface area contributed by atoms with Crippen LogP contribution in [0, 0.1) is 6.92 Å². The van der Waals surface area contributed by atoms with E-state index in [1.54, 1.807) is 14.2 Å². The molecule has 0 fully saturated rings. The third-order valence-corrected chi connectivity index (χ3v) is 4.52. The first-order valence-electron chi connectivity index (χ1n) is 9.51. The van der Waals surface area contributed by atoms with Crippen molar-refractivity contribution in [1.82, 2.24) is 9.97 Å². The molecule has 0 atom stereocenters. The predicted molar refractivity (Wildman–Crippen MR) is 118 cm³/mol. The first-order valence-corrected chi connectivity index (χ1v) is 9.51. The fraction of sp³-hybridized carbons (Fsp3) is 0.304. The molecule has 0 aliphatic rings. The van der Waals surface area contributed by atoms with Gasteiger partial charge in [0.25, 0.3) is 0 Å². The Kier molecular flexibility index (Phi) is 5.92. The van der Waals surface area contributed by atoms with E-state index in [-0.39, 0.29) is 5.41 Å². The predicted octanol–water partition coefficient (Wildman–Crippen LogP) is 5.59. The van der Waals surface area contributed by atoms with Crippen molar-refractivity contribution < 1.29 is 9.47 Å². The highest BCUT2D eigenvalue weighted by molar-refractivity contribution is 5.63. The molecule has 2 aromatic carbocycles. The minimum atomic E-state index is 0.120. The van der Waals surface area contributed by atoms with E-state index >= 15 is 0 Å². The molecule has 3 rings (SSSR count). The Labute approximate surface area is 172 Å². The van der Waals surface area contributed by atoms with Crippen LogP contribution in [0.5, 0.6) is 11.5 Å². The second-order valence-electron chi connectivity index (χ2n) is 7.87. The third-order valence-electron chi connectivity index (χ3n) is 4.52. The van der Waals surface area contributed by atoms with Gasteiger partial charge in [0.05, 0.1) is 14.2 Å². The van der Waals surface area contributed by atoms with Crippen molar-refractivity contribution in [2.75, 3.05) is 24.9 Å². The third kappa shape index (κ3) is 5.16. The van der Waals surface area contributed by atoms with E-state index in [1.807, 2.05) is 43.3 Å². The largest absolute Gasteiger partial charge is 0.493 e. The first-order chi connectivity index (χ1) is 13.8. The van der Waals surface area contributed by atoms with Crippen molar-refractivity contribution in [3.63, 3.8) is 0 Å². The van der Waals surface area contributed by atoms with Gasteiger partial charge in [-0.1, -0.05) is 32.9 Å². The van der Waals surface area contributed by atoms with Crippen LogP contribution < -0.4 is 20.1 Å². The summed E-state index contributed by atoms with van der Waals surface area (Å²) in [6.07, 6.45) is 0. The number of hydrogen-bond acceptors (Lipinski definition) is 6. The normalized spacial score (nSPS) is 11.1. The quantitative estimate of drug-likeness (QED) is 0.570. The Morgan fingerprint density at radius 1 is 0.759 bits per heavy atom. The molecule has 0 amide bonds. The molecule has 152 valence electrons. The van der Waals surface area contributed by atoms with Gasteiger partial charge in [0.2, 0.25) is 5.95 Å². The van der Waals surface area contributed by atoms with Gasteiger partial charge >= 0.3 is 0 Å². The Morgan fingerprint density at radius 2 is 1.41 bits per heavy atom. The van der Waals surface area contributed by atoms with Gasteiger partial charge in [-0.15, -0.1) is 0 Å². The lowest BCUT2D eigenvalue weighted by Gasteiger charge is -2.19. The lowest BCUT2D eigenvalue weighted by molar-refractivity contribution is 0.355. The van der Waals surface area contributed by atoms with Crippen LogP contribution in [0.15, 0.2) is 48.5 Å². The van der Waals surface area contributed by atoms with Crippen molar-refractivity contribution in [2.24, 2.45) is 0 Å². The number of nitrogens with one attached hydrogen (secondary N) is 2. The lowest BCUT2D eigenvalue weighted by Crippen LogP contribution is -2.10. The van der Waals surface area contributed by atoms with Crippen LogP contribution in [0.2, 0.25) is 0 Å². The van der Waals surface area contributed by atoms with Crippen molar-refractivity contribution in [3.05, 3.63) is 59.8 Å². The standard InChI is InChI=1S/C23H28N4O2/c1-15-13-21(25-18-11-12-19(28-5)20(14-18)29-6)27-22(24-15)26-17-9-7-16(8-10-17)23(2,3)4/h7-14H,1-6H3,(H2,24,25,26,27). The van der Waals surface area contributed by atoms with E-state index < -0.39 is 0 Å². The molecule has 29 heavy (non-hydrogen) atoms. The Bertz CT molecular complexity index is 979. The highest BCUT2D eigenvalue weighted by Gasteiger charge is 2.13. The van der Waals surface area contributed by atoms with Crippen LogP contribution in [0.3, 0.4) is 0 Å². The van der Waals surface area contributed by atoms with Crippen molar-refractivity contribution >= 4 is 23.1 Å². The SMILES string of the molecule is COc1ccc(Nc2cc(C)nc(Nc3ccc(C(C)(C)C)cc3)n2)cc1OC. The summed E-state index contributed by atoms with van der Waals surface area (Å²) in [6.45, 7) is 8.54. The zero-order chi connectivity index (χ0) is 21.0. The highest BCUT2D eigenvalue weighted by atomic mass is 16.5. The summed E-state index contributed by atoms with van der Waals surface area (Å²) in [6, 6.07) is 15.9. The Hall–Kier alpha value is -3.28. The Morgan fingerprint density at radius 3 is 2.03 bits per heavy atom. The van der Waals surface area contributed by atoms with E-state index in [2.05, 4.69) is 53.5 Å². The number of benzene rings is 2. The van der Waals surface area contributed by atoms with Crippen LogP contribution in [-0.2, 0) is 5.41 Å². The number of nitrogens with zero attached hydrogens (tertiary/aromatic N) is 2. The summed E-state index contributed by atoms with van der Waals surface area (Å²) in [7, 11) is 3.23. The zero-order valence-corrected chi connectivity index (χ0v) is 17.8. The minimum Gasteiger partial charge on any atom is -0.493 e. The molecule has 0 saturated carbocycles. The molecule has 3 aromatic rings. The van der Waals surface area contributed by atoms with Crippen LogP contribution in [-0.4, -0.2) is 24.2 Å². The molecule has 0 bridgehead atoms. The summed E-state index contributed by atoms with van der Waals surface area (Å²) < 4.78 is 10.7. The molecule has 0 aliphatic carbocycles. The zero-order valence-electron chi connectivity index (χ0n) is 17.8. The van der Waals surface area contributed by atoms with E-state index in [9.17, 15) is 0 Å². The van der Waals surface area contributed by atoms with Gasteiger partial charge < -0.3 is 20.1 Å². The molecule has 0 unspecified atom stereocenters. The summed E-state index contributed by atoms with van der Waals surface area (Å²) in [5.74, 6) is 2.56. The molecule has 2 N–H and O–H groups in total. The first kappa shape index (κ1) is 20.5. The second-order valence-corrected chi connectivity index (χ2v) is 7.87. The van der Waals surface area contributed by atoms with Gasteiger partial charge in [0.1, 0.15) is 5.82 Å². The number of hydrogen-bond donors (Lipinski definition) is 2. The van der Waals surface area contributed by atoms with E-state index in [4.69, 9.17) is 9.47 Å². The van der Waals surface area contributed by atoms with Crippen LogP contribution >= 0.6 is 0 Å². The average Bonchev–Trinajstić information content (AvgIpc) is 2.67. The number of anilines is 4. The summed E-state index contributed by atoms with van der Waals surface area (Å²) in [4.78, 5) is 9.08. The molecular formula is C23H28N4O2. The van der Waals surface area contributed by atoms with E-state index in [0.717, 1.165) is 17.1 Å². The molecule has 0 radical (unpaired) electrons. The molecule has 6 heteroatoms. The van der Waals surface area contributed by atoms with Crippen LogP contribution in [0.4, 0.5) is 23.1 Å². The number of ether oxygens (including phenoxy) is 2. The topological polar surface area (TPSA) is 68.3 Å². The molecule has 1 aromatic heterocycles. The van der Waals surface area contributed by atoms with Gasteiger partial charge in [-0.2, -0.15) is 4.98 Å². The summed E-state index contributed by atoms with van der Waals surface area (Å²) in [5, 5.41) is 6.58. The summed E-state index contributed by atoms with van der Waals surface area (Å²) >= 11 is 0. The lowest BCUT2D eigenvalue weighted by atomic mass is 9.87. The van der Waals surface area contributed by atoms with Crippen molar-refractivity contribution in [1.29, 1.82) is 0 Å². The van der Waals surface area contributed by atoms with E-state index in [1.165, 1.54) is 5.56 Å². The molecular weight excluding hydrogens is 364 g/mol. The molecule has 1 heterocycles. The minimum absolute atomic E-state index is 0.120. The van der Waals surface area contributed by atoms with Gasteiger partial charge in [0, 0.05) is 29.2 Å². The van der Waals surface area contributed by atoms with Gasteiger partial charge in [-0.05, 0) is 42.2 Å². The number of methoxy groups -OCH3 is 2. The second kappa shape index (κ2) is 8.39. The van der Waals surface area contributed by atoms with Crippen molar-refractivity contribution in [2.45, 2.75) is 33.1 Å². The molecule has 0 aliphatic heterocycles. The molecule has 6 nitrogen and oxygen atoms in total. The summed E-state index contributed by atoms with van der Waals surface area (Å²) in [5.41, 5.74) is 4.05. The fourth-order valence-corrected chi connectivity index (χ4v) is 2.93. The molecule has 0 spiro atoms. The number of rotatable bonds is 6. The van der Waals surface area contributed by atoms with Gasteiger partial charge in [-0.3, -0.25) is 0 Å². The van der Waals surface area contributed by atoms with Crippen LogP contribution in [0.1, 0.15) is 32.0 Å². The maximum Gasteiger partial charge on any atom is 0.229 e. The van der Waals surface area contributed by atoms with Crippen LogP contribution in [0.25, 0.3) is 0 Å².